The molecule has 0 fully saturated rings. The molecule has 0 bridgehead atoms. The highest BCUT2D eigenvalue weighted by atomic mass is 36.0. The summed E-state index contributed by atoms with van der Waals surface area (Å²) in [7, 11) is 3.94. The zero-order valence-electron chi connectivity index (χ0n) is 14.1. The average Bonchev–Trinajstić information content (AvgIpc) is 2.48. The third-order valence-electron chi connectivity index (χ3n) is 2.13. The van der Waals surface area contributed by atoms with Crippen molar-refractivity contribution in [3.8, 4) is 5.75 Å². The van der Waals surface area contributed by atoms with Gasteiger partial charge in [0.15, 0.2) is 0 Å². The first-order valence-electron chi connectivity index (χ1n) is 7.21. The molecule has 0 spiro atoms. The minimum absolute atomic E-state index is 0.196. The molecule has 0 aromatic heterocycles. The van der Waals surface area contributed by atoms with Crippen LogP contribution in [0.3, 0.4) is 0 Å². The van der Waals surface area contributed by atoms with Gasteiger partial charge in [-0.15, -0.1) is 0 Å². The van der Waals surface area contributed by atoms with Gasteiger partial charge in [-0.25, -0.2) is 13.6 Å². The van der Waals surface area contributed by atoms with Gasteiger partial charge in [0.25, 0.3) is 0 Å². The Morgan fingerprint density at radius 1 is 1.28 bits per heavy atom. The summed E-state index contributed by atoms with van der Waals surface area (Å²) in [5.74, 6) is -0.116. The van der Waals surface area contributed by atoms with Gasteiger partial charge in [0.2, 0.25) is 9.23 Å². The highest BCUT2D eigenvalue weighted by Crippen LogP contribution is 2.42. The lowest BCUT2D eigenvalue weighted by atomic mass is 10.3. The summed E-state index contributed by atoms with van der Waals surface area (Å²) < 4.78 is 29.8. The Labute approximate surface area is 159 Å². The van der Waals surface area contributed by atoms with Crippen molar-refractivity contribution in [2.45, 2.75) is 33.3 Å². The number of benzene rings is 1. The van der Waals surface area contributed by atoms with Gasteiger partial charge >= 0.3 is 13.6 Å². The minimum atomic E-state index is -3.41. The Bertz CT molecular complexity index is 539. The van der Waals surface area contributed by atoms with Crippen LogP contribution in [0.2, 0.25) is 0 Å². The van der Waals surface area contributed by atoms with Gasteiger partial charge in [-0.2, -0.15) is 0 Å². The third-order valence-corrected chi connectivity index (χ3v) is 3.63. The lowest BCUT2D eigenvalue weighted by Gasteiger charge is -2.11. The highest BCUT2D eigenvalue weighted by Gasteiger charge is 2.18. The monoisotopic (exact) mass is 436 g/mol. The van der Waals surface area contributed by atoms with E-state index in [2.05, 4.69) is 26.1 Å². The van der Waals surface area contributed by atoms with Crippen LogP contribution in [0.1, 0.15) is 27.2 Å². The van der Waals surface area contributed by atoms with Crippen LogP contribution >= 0.6 is 29.0 Å². The molecule has 2 atom stereocenters. The Hall–Kier alpha value is -0.630. The Morgan fingerprint density at radius 3 is 2.08 bits per heavy atom. The van der Waals surface area contributed by atoms with Crippen molar-refractivity contribution >= 4 is 44.2 Å². The van der Waals surface area contributed by atoms with Gasteiger partial charge in [0.05, 0.1) is 12.8 Å². The molecular weight excluding hydrogens is 414 g/mol. The Balaban J connectivity index is 0. The second kappa shape index (κ2) is 15.6. The molecule has 0 aliphatic rings. The summed E-state index contributed by atoms with van der Waals surface area (Å²) >= 11 is 0. The molecule has 1 aromatic rings. The standard InChI is InChI=1S/C9H13O3P.C5H10O3.Cl2OS/c1-2-8-13(10,11)12-9-6-4-3-5-7-9;1-3-8-5(7)4(2)6;1-4(2)3/h3-7H,2,8H2,1H3,(H,10,11);4,6H,3H2,1-2H3;/t;4-;/m.0./s1. The molecule has 25 heavy (non-hydrogen) atoms. The van der Waals surface area contributed by atoms with Crippen LogP contribution in [0.5, 0.6) is 5.75 Å². The number of ether oxygens (including phenoxy) is 1. The Morgan fingerprint density at radius 2 is 1.76 bits per heavy atom. The van der Waals surface area contributed by atoms with Crippen molar-refractivity contribution in [3.63, 3.8) is 0 Å². The zero-order valence-corrected chi connectivity index (χ0v) is 17.4. The van der Waals surface area contributed by atoms with E-state index in [4.69, 9.17) is 13.8 Å². The summed E-state index contributed by atoms with van der Waals surface area (Å²) in [4.78, 5) is 19.6. The number of hydrogen-bond acceptors (Lipinski definition) is 6. The van der Waals surface area contributed by atoms with Crippen molar-refractivity contribution < 1.29 is 32.8 Å². The number of esters is 1. The van der Waals surface area contributed by atoms with Gasteiger partial charge in [0, 0.05) is 21.4 Å². The third kappa shape index (κ3) is 19.5. The maximum Gasteiger partial charge on any atom is 0.376 e. The van der Waals surface area contributed by atoms with Crippen LogP contribution in [-0.4, -0.2) is 39.1 Å². The normalized spacial score (nSPS) is 13.3. The molecule has 1 aromatic carbocycles. The first-order chi connectivity index (χ1) is 11.6. The second-order valence-electron chi connectivity index (χ2n) is 4.38. The van der Waals surface area contributed by atoms with Crippen molar-refractivity contribution in [2.75, 3.05) is 12.8 Å². The van der Waals surface area contributed by atoms with Crippen molar-refractivity contribution in [2.24, 2.45) is 0 Å². The smallest absolute Gasteiger partial charge is 0.376 e. The van der Waals surface area contributed by atoms with Gasteiger partial charge < -0.3 is 19.3 Å². The van der Waals surface area contributed by atoms with E-state index in [1.165, 1.54) is 6.92 Å². The molecule has 146 valence electrons. The molecule has 0 aliphatic carbocycles. The number of aliphatic hydroxyl groups excluding tert-OH is 1. The number of para-hydroxylation sites is 1. The predicted molar refractivity (Wildman–Crippen MR) is 100 cm³/mol. The predicted octanol–water partition coefficient (Wildman–Crippen LogP) is 3.63. The number of aliphatic hydroxyl groups is 1. The molecule has 2 N–H and O–H groups in total. The van der Waals surface area contributed by atoms with Crippen molar-refractivity contribution in [1.29, 1.82) is 0 Å². The zero-order chi connectivity index (χ0) is 19.9. The van der Waals surface area contributed by atoms with Crippen LogP contribution in [0.15, 0.2) is 30.3 Å². The fourth-order valence-corrected chi connectivity index (χ4v) is 2.34. The lowest BCUT2D eigenvalue weighted by molar-refractivity contribution is -0.151. The van der Waals surface area contributed by atoms with E-state index in [-0.39, 0.29) is 6.16 Å². The summed E-state index contributed by atoms with van der Waals surface area (Å²) in [5.41, 5.74) is 0. The molecule has 0 saturated carbocycles. The SMILES string of the molecule is CCCP(=O)(O)Oc1ccccc1.CCOC(=O)[C@H](C)O.O=S(Cl)Cl. The van der Waals surface area contributed by atoms with Crippen LogP contribution in [0, 0.1) is 0 Å². The van der Waals surface area contributed by atoms with Crippen LogP contribution < -0.4 is 4.52 Å². The molecule has 0 amide bonds. The van der Waals surface area contributed by atoms with Crippen LogP contribution in [0.25, 0.3) is 0 Å². The van der Waals surface area contributed by atoms with E-state index in [0.717, 1.165) is 0 Å². The van der Waals surface area contributed by atoms with Crippen molar-refractivity contribution in [3.05, 3.63) is 30.3 Å². The quantitative estimate of drug-likeness (QED) is 0.397. The Kier molecular flexibility index (Phi) is 16.6. The largest absolute Gasteiger partial charge is 0.464 e. The summed E-state index contributed by atoms with van der Waals surface area (Å²) in [6, 6.07) is 8.69. The average molecular weight is 437 g/mol. The highest BCUT2D eigenvalue weighted by molar-refractivity contribution is 8.26. The number of carbonyl (C=O) groups excluding carboxylic acids is 1. The first-order valence-corrected chi connectivity index (χ1v) is 11.8. The number of halogens is 2. The van der Waals surface area contributed by atoms with Crippen LogP contribution in [0.4, 0.5) is 0 Å². The number of rotatable bonds is 6. The second-order valence-corrected chi connectivity index (χ2v) is 8.81. The lowest BCUT2D eigenvalue weighted by Crippen LogP contribution is -2.18. The van der Waals surface area contributed by atoms with Gasteiger partial charge in [-0.1, -0.05) is 25.1 Å². The number of hydrogen-bond donors (Lipinski definition) is 2. The number of carbonyl (C=O) groups is 1. The molecule has 0 saturated heterocycles. The van der Waals surface area contributed by atoms with Gasteiger partial charge in [-0.05, 0) is 32.4 Å². The summed E-state index contributed by atoms with van der Waals surface area (Å²) in [6.07, 6.45) is -0.155. The molecule has 7 nitrogen and oxygen atoms in total. The van der Waals surface area contributed by atoms with E-state index < -0.39 is 28.9 Å². The molecule has 11 heteroatoms. The van der Waals surface area contributed by atoms with E-state index in [0.29, 0.717) is 18.8 Å². The fraction of sp³-hybridized carbons (Fsp3) is 0.500. The molecule has 1 unspecified atom stereocenters. The molecule has 1 rings (SSSR count). The summed E-state index contributed by atoms with van der Waals surface area (Å²) in [6.45, 7) is 5.24. The molecular formula is C14H23Cl2O7PS. The fourth-order valence-electron chi connectivity index (χ4n) is 1.24. The maximum atomic E-state index is 11.3. The first kappa shape index (κ1) is 26.6. The molecule has 0 aliphatic heterocycles. The van der Waals surface area contributed by atoms with Gasteiger partial charge in [-0.3, -0.25) is 0 Å². The van der Waals surface area contributed by atoms with E-state index in [1.807, 2.05) is 13.0 Å². The van der Waals surface area contributed by atoms with Crippen LogP contribution in [-0.2, 0) is 23.3 Å². The maximum absolute atomic E-state index is 11.3. The van der Waals surface area contributed by atoms with E-state index in [1.54, 1.807) is 31.2 Å². The van der Waals surface area contributed by atoms with Gasteiger partial charge in [0.1, 0.15) is 11.9 Å². The minimum Gasteiger partial charge on any atom is -0.464 e. The summed E-state index contributed by atoms with van der Waals surface area (Å²) in [5, 5.41) is 8.48. The molecule has 0 heterocycles. The van der Waals surface area contributed by atoms with Crippen molar-refractivity contribution in [1.82, 2.24) is 0 Å². The molecule has 0 radical (unpaired) electrons. The van der Waals surface area contributed by atoms with E-state index >= 15 is 0 Å². The topological polar surface area (TPSA) is 110 Å². The van der Waals surface area contributed by atoms with E-state index in [9.17, 15) is 14.3 Å².